The van der Waals surface area contributed by atoms with E-state index >= 15 is 0 Å². The first kappa shape index (κ1) is 18.5. The number of rotatable bonds is 5. The van der Waals surface area contributed by atoms with Crippen LogP contribution in [0.5, 0.6) is 0 Å². The fourth-order valence-corrected chi connectivity index (χ4v) is 3.42. The first-order valence-electron chi connectivity index (χ1n) is 8.14. The van der Waals surface area contributed by atoms with Gasteiger partial charge in [-0.3, -0.25) is 4.79 Å². The average Bonchev–Trinajstić information content (AvgIpc) is 2.98. The van der Waals surface area contributed by atoms with Crippen molar-refractivity contribution in [2.75, 3.05) is 5.32 Å². The minimum absolute atomic E-state index is 0.0823. The number of amides is 1. The van der Waals surface area contributed by atoms with E-state index in [0.717, 1.165) is 16.8 Å². The van der Waals surface area contributed by atoms with Gasteiger partial charge in [-0.2, -0.15) is 0 Å². The summed E-state index contributed by atoms with van der Waals surface area (Å²) >= 11 is 7.60. The van der Waals surface area contributed by atoms with Gasteiger partial charge in [0.1, 0.15) is 0 Å². The van der Waals surface area contributed by atoms with Crippen LogP contribution < -0.4 is 5.32 Å². The average molecular weight is 387 g/mol. The third-order valence-electron chi connectivity index (χ3n) is 3.92. The van der Waals surface area contributed by atoms with Gasteiger partial charge in [-0.25, -0.2) is 0 Å². The van der Waals surface area contributed by atoms with Crippen molar-refractivity contribution in [2.24, 2.45) is 7.05 Å². The second-order valence-corrected chi connectivity index (χ2v) is 7.68. The molecule has 1 heterocycles. The molecule has 0 fully saturated rings. The van der Waals surface area contributed by atoms with Crippen LogP contribution in [0.15, 0.2) is 53.7 Å². The molecule has 0 aliphatic rings. The van der Waals surface area contributed by atoms with E-state index in [2.05, 4.69) is 15.5 Å². The molecule has 0 unspecified atom stereocenters. The maximum Gasteiger partial charge on any atom is 0.237 e. The van der Waals surface area contributed by atoms with Crippen molar-refractivity contribution in [3.63, 3.8) is 0 Å². The number of nitrogens with zero attached hydrogens (tertiary/aromatic N) is 3. The van der Waals surface area contributed by atoms with Gasteiger partial charge in [-0.1, -0.05) is 53.2 Å². The number of thioether (sulfide) groups is 1. The smallest absolute Gasteiger partial charge is 0.237 e. The number of benzene rings is 2. The van der Waals surface area contributed by atoms with E-state index in [9.17, 15) is 4.79 Å². The van der Waals surface area contributed by atoms with Gasteiger partial charge in [0.25, 0.3) is 0 Å². The number of aryl methyl sites for hydroxylation is 1. The number of hydrogen-bond donors (Lipinski definition) is 1. The Balaban J connectivity index is 1.71. The summed E-state index contributed by atoms with van der Waals surface area (Å²) in [6.45, 7) is 3.85. The van der Waals surface area contributed by atoms with E-state index in [-0.39, 0.29) is 11.2 Å². The van der Waals surface area contributed by atoms with Gasteiger partial charge < -0.3 is 9.88 Å². The molecule has 0 saturated heterocycles. The minimum Gasteiger partial charge on any atom is -0.325 e. The molecule has 0 aliphatic heterocycles. The molecule has 1 atom stereocenters. The molecule has 5 nitrogen and oxygen atoms in total. The van der Waals surface area contributed by atoms with Crippen LogP contribution in [-0.2, 0) is 11.8 Å². The number of nitrogens with one attached hydrogen (secondary N) is 1. The van der Waals surface area contributed by atoms with Gasteiger partial charge in [-0.15, -0.1) is 10.2 Å². The number of anilines is 1. The predicted octanol–water partition coefficient (Wildman–Crippen LogP) is 4.56. The molecular weight excluding hydrogens is 368 g/mol. The molecule has 26 heavy (non-hydrogen) atoms. The van der Waals surface area contributed by atoms with Crippen molar-refractivity contribution in [2.45, 2.75) is 24.3 Å². The van der Waals surface area contributed by atoms with E-state index in [1.165, 1.54) is 11.8 Å². The minimum atomic E-state index is -0.321. The summed E-state index contributed by atoms with van der Waals surface area (Å²) in [4.78, 5) is 12.4. The van der Waals surface area contributed by atoms with Gasteiger partial charge in [-0.05, 0) is 38.1 Å². The standard InChI is InChI=1S/C19H19ClN4OS/c1-12-8-10-14(11-9-12)21-18(25)13(2)26-19-23-22-17(24(19)3)15-6-4-5-7-16(15)20/h4-11,13H,1-3H3,(H,21,25)/t13-/m0/s1. The molecule has 3 rings (SSSR count). The van der Waals surface area contributed by atoms with Crippen LogP contribution in [0.1, 0.15) is 12.5 Å². The highest BCUT2D eigenvalue weighted by Crippen LogP contribution is 2.29. The summed E-state index contributed by atoms with van der Waals surface area (Å²) in [5.74, 6) is 0.588. The Morgan fingerprint density at radius 2 is 1.85 bits per heavy atom. The van der Waals surface area contributed by atoms with E-state index < -0.39 is 0 Å². The van der Waals surface area contributed by atoms with Gasteiger partial charge in [0.15, 0.2) is 11.0 Å². The molecule has 0 aliphatic carbocycles. The second kappa shape index (κ2) is 7.93. The normalized spacial score (nSPS) is 12.0. The molecule has 0 radical (unpaired) electrons. The Hall–Kier alpha value is -2.31. The first-order valence-corrected chi connectivity index (χ1v) is 9.40. The SMILES string of the molecule is Cc1ccc(NC(=O)[C@H](C)Sc2nnc(-c3ccccc3Cl)n2C)cc1. The van der Waals surface area contributed by atoms with E-state index in [1.54, 1.807) is 0 Å². The highest BCUT2D eigenvalue weighted by Gasteiger charge is 2.20. The van der Waals surface area contributed by atoms with Crippen molar-refractivity contribution in [3.8, 4) is 11.4 Å². The van der Waals surface area contributed by atoms with Crippen LogP contribution in [0.4, 0.5) is 5.69 Å². The van der Waals surface area contributed by atoms with Crippen LogP contribution in [-0.4, -0.2) is 25.9 Å². The molecule has 3 aromatic rings. The molecule has 1 N–H and O–H groups in total. The Morgan fingerprint density at radius 3 is 2.54 bits per heavy atom. The lowest BCUT2D eigenvalue weighted by atomic mass is 10.2. The van der Waals surface area contributed by atoms with Crippen LogP contribution in [0.3, 0.4) is 0 Å². The molecule has 2 aromatic carbocycles. The maximum absolute atomic E-state index is 12.4. The number of carbonyl (C=O) groups excluding carboxylic acids is 1. The van der Waals surface area contributed by atoms with Crippen molar-refractivity contribution >= 4 is 35.0 Å². The third kappa shape index (κ3) is 4.08. The second-order valence-electron chi connectivity index (χ2n) is 5.96. The first-order chi connectivity index (χ1) is 12.5. The highest BCUT2D eigenvalue weighted by atomic mass is 35.5. The molecule has 0 saturated carbocycles. The zero-order valence-corrected chi connectivity index (χ0v) is 16.3. The molecule has 0 bridgehead atoms. The monoisotopic (exact) mass is 386 g/mol. The fraction of sp³-hybridized carbons (Fsp3) is 0.211. The molecule has 7 heteroatoms. The zero-order chi connectivity index (χ0) is 18.7. The Bertz CT molecular complexity index is 924. The van der Waals surface area contributed by atoms with Crippen LogP contribution >= 0.6 is 23.4 Å². The van der Waals surface area contributed by atoms with Crippen molar-refractivity contribution in [1.29, 1.82) is 0 Å². The summed E-state index contributed by atoms with van der Waals surface area (Å²) < 4.78 is 1.85. The Labute approximate surface area is 161 Å². The molecular formula is C19H19ClN4OS. The molecule has 1 amide bonds. The van der Waals surface area contributed by atoms with E-state index in [4.69, 9.17) is 11.6 Å². The van der Waals surface area contributed by atoms with Gasteiger partial charge in [0.2, 0.25) is 5.91 Å². The van der Waals surface area contributed by atoms with Crippen molar-refractivity contribution < 1.29 is 4.79 Å². The fourth-order valence-electron chi connectivity index (χ4n) is 2.39. The quantitative estimate of drug-likeness (QED) is 0.653. The topological polar surface area (TPSA) is 59.8 Å². The lowest BCUT2D eigenvalue weighted by Crippen LogP contribution is -2.22. The maximum atomic E-state index is 12.4. The van der Waals surface area contributed by atoms with E-state index in [1.807, 2.05) is 74.0 Å². The van der Waals surface area contributed by atoms with Crippen LogP contribution in [0, 0.1) is 6.92 Å². The summed E-state index contributed by atoms with van der Waals surface area (Å²) in [6, 6.07) is 15.2. The lowest BCUT2D eigenvalue weighted by molar-refractivity contribution is -0.115. The largest absolute Gasteiger partial charge is 0.325 e. The predicted molar refractivity (Wildman–Crippen MR) is 107 cm³/mol. The van der Waals surface area contributed by atoms with Crippen LogP contribution in [0.2, 0.25) is 5.02 Å². The third-order valence-corrected chi connectivity index (χ3v) is 5.38. The van der Waals surface area contributed by atoms with Gasteiger partial charge in [0.05, 0.1) is 10.3 Å². The number of hydrogen-bond acceptors (Lipinski definition) is 4. The van der Waals surface area contributed by atoms with Crippen LogP contribution in [0.25, 0.3) is 11.4 Å². The summed E-state index contributed by atoms with van der Waals surface area (Å²) in [5, 5.41) is 12.3. The molecule has 134 valence electrons. The van der Waals surface area contributed by atoms with E-state index in [0.29, 0.717) is 16.0 Å². The summed E-state index contributed by atoms with van der Waals surface area (Å²) in [5.41, 5.74) is 2.74. The van der Waals surface area contributed by atoms with Crippen molar-refractivity contribution in [3.05, 3.63) is 59.1 Å². The summed E-state index contributed by atoms with van der Waals surface area (Å²) in [6.07, 6.45) is 0. The van der Waals surface area contributed by atoms with Gasteiger partial charge >= 0.3 is 0 Å². The number of carbonyl (C=O) groups is 1. The Morgan fingerprint density at radius 1 is 1.15 bits per heavy atom. The lowest BCUT2D eigenvalue weighted by Gasteiger charge is -2.12. The highest BCUT2D eigenvalue weighted by molar-refractivity contribution is 8.00. The Kier molecular flexibility index (Phi) is 5.64. The molecule has 0 spiro atoms. The van der Waals surface area contributed by atoms with Gasteiger partial charge in [0, 0.05) is 18.3 Å². The molecule has 1 aromatic heterocycles. The number of halogens is 1. The zero-order valence-electron chi connectivity index (χ0n) is 14.7. The summed E-state index contributed by atoms with van der Waals surface area (Å²) in [7, 11) is 1.87. The number of aromatic nitrogens is 3. The van der Waals surface area contributed by atoms with Crippen molar-refractivity contribution in [1.82, 2.24) is 14.8 Å².